The summed E-state index contributed by atoms with van der Waals surface area (Å²) < 4.78 is 0. The van der Waals surface area contributed by atoms with Crippen LogP contribution in [0.3, 0.4) is 0 Å². The van der Waals surface area contributed by atoms with Gasteiger partial charge in [-0.3, -0.25) is 9.78 Å². The molecule has 0 fully saturated rings. The van der Waals surface area contributed by atoms with Crippen LogP contribution < -0.4 is 10.6 Å². The van der Waals surface area contributed by atoms with Crippen LogP contribution in [0.5, 0.6) is 0 Å². The Hall–Kier alpha value is -2.88. The third-order valence-electron chi connectivity index (χ3n) is 3.74. The highest BCUT2D eigenvalue weighted by Crippen LogP contribution is 2.25. The van der Waals surface area contributed by atoms with Crippen LogP contribution in [0.1, 0.15) is 20.8 Å². The lowest BCUT2D eigenvalue weighted by molar-refractivity contribution is -0.123. The fourth-order valence-corrected chi connectivity index (χ4v) is 2.32. The molecule has 1 heterocycles. The van der Waals surface area contributed by atoms with Crippen molar-refractivity contribution in [3.63, 3.8) is 0 Å². The van der Waals surface area contributed by atoms with Crippen LogP contribution in [0.2, 0.25) is 0 Å². The number of fused-ring (bicyclic) bond motifs is 1. The van der Waals surface area contributed by atoms with E-state index in [1.165, 1.54) is 0 Å². The van der Waals surface area contributed by atoms with Gasteiger partial charge >= 0.3 is 0 Å². The minimum Gasteiger partial charge on any atom is -0.354 e. The Balaban J connectivity index is 1.78. The lowest BCUT2D eigenvalue weighted by atomic mass is 9.95. The summed E-state index contributed by atoms with van der Waals surface area (Å²) in [5.74, 6) is 0.00135. The van der Waals surface area contributed by atoms with Crippen molar-refractivity contribution in [3.8, 4) is 0 Å². The molecule has 0 aliphatic heterocycles. The smallest absolute Gasteiger partial charge is 0.229 e. The standard InChI is InChI=1S/C20H21N3O/c1-20(2,3)19(24)23-16-11-9-15(10-12-16)22-17-8-4-6-14-7-5-13-21-18(14)17/h4-13,22H,1-3H3,(H,23,24). The number of aromatic nitrogens is 1. The summed E-state index contributed by atoms with van der Waals surface area (Å²) in [5.41, 5.74) is 3.22. The van der Waals surface area contributed by atoms with E-state index in [0.29, 0.717) is 0 Å². The summed E-state index contributed by atoms with van der Waals surface area (Å²) in [6.45, 7) is 5.68. The van der Waals surface area contributed by atoms with Gasteiger partial charge in [-0.25, -0.2) is 0 Å². The first kappa shape index (κ1) is 16.0. The minimum atomic E-state index is -0.411. The van der Waals surface area contributed by atoms with Crippen LogP contribution in [0.4, 0.5) is 17.1 Å². The molecule has 0 saturated carbocycles. The summed E-state index contributed by atoms with van der Waals surface area (Å²) in [5, 5.41) is 7.40. The van der Waals surface area contributed by atoms with Crippen LogP contribution in [-0.4, -0.2) is 10.9 Å². The molecule has 4 heteroatoms. The fourth-order valence-electron chi connectivity index (χ4n) is 2.32. The molecule has 0 unspecified atom stereocenters. The number of carbonyl (C=O) groups excluding carboxylic acids is 1. The maximum atomic E-state index is 12.0. The van der Waals surface area contributed by atoms with E-state index in [-0.39, 0.29) is 5.91 Å². The number of carbonyl (C=O) groups is 1. The molecule has 2 aromatic carbocycles. The second kappa shape index (κ2) is 6.32. The predicted molar refractivity (Wildman–Crippen MR) is 99.6 cm³/mol. The topological polar surface area (TPSA) is 54.0 Å². The van der Waals surface area contributed by atoms with Crippen molar-refractivity contribution < 1.29 is 4.79 Å². The number of hydrogen-bond donors (Lipinski definition) is 2. The van der Waals surface area contributed by atoms with E-state index >= 15 is 0 Å². The Kier molecular flexibility index (Phi) is 4.21. The van der Waals surface area contributed by atoms with Crippen LogP contribution >= 0.6 is 0 Å². The monoisotopic (exact) mass is 319 g/mol. The third-order valence-corrected chi connectivity index (χ3v) is 3.74. The van der Waals surface area contributed by atoms with Gasteiger partial charge in [0, 0.05) is 28.4 Å². The first-order chi connectivity index (χ1) is 11.4. The molecule has 24 heavy (non-hydrogen) atoms. The zero-order valence-electron chi connectivity index (χ0n) is 14.1. The largest absolute Gasteiger partial charge is 0.354 e. The number of benzene rings is 2. The molecule has 0 radical (unpaired) electrons. The Morgan fingerprint density at radius 2 is 1.58 bits per heavy atom. The maximum absolute atomic E-state index is 12.0. The highest BCUT2D eigenvalue weighted by molar-refractivity contribution is 5.95. The SMILES string of the molecule is CC(C)(C)C(=O)Nc1ccc(Nc2cccc3cccnc23)cc1. The van der Waals surface area contributed by atoms with Crippen LogP contribution in [0.25, 0.3) is 10.9 Å². The van der Waals surface area contributed by atoms with Gasteiger partial charge in [0.2, 0.25) is 5.91 Å². The second-order valence-corrected chi connectivity index (χ2v) is 6.79. The molecule has 1 amide bonds. The summed E-state index contributed by atoms with van der Waals surface area (Å²) >= 11 is 0. The highest BCUT2D eigenvalue weighted by Gasteiger charge is 2.20. The summed E-state index contributed by atoms with van der Waals surface area (Å²) in [7, 11) is 0. The highest BCUT2D eigenvalue weighted by atomic mass is 16.2. The van der Waals surface area contributed by atoms with E-state index in [1.54, 1.807) is 6.20 Å². The van der Waals surface area contributed by atoms with Gasteiger partial charge in [0.05, 0.1) is 11.2 Å². The Morgan fingerprint density at radius 1 is 0.917 bits per heavy atom. The maximum Gasteiger partial charge on any atom is 0.229 e. The fraction of sp³-hybridized carbons (Fsp3) is 0.200. The van der Waals surface area contributed by atoms with E-state index in [9.17, 15) is 4.79 Å². The minimum absolute atomic E-state index is 0.00135. The molecule has 3 rings (SSSR count). The van der Waals surface area contributed by atoms with Crippen molar-refractivity contribution in [1.82, 2.24) is 4.98 Å². The summed E-state index contributed by atoms with van der Waals surface area (Å²) in [6.07, 6.45) is 1.79. The Bertz CT molecular complexity index is 859. The average Bonchev–Trinajstić information content (AvgIpc) is 2.56. The van der Waals surface area contributed by atoms with E-state index in [1.807, 2.05) is 75.4 Å². The van der Waals surface area contributed by atoms with Gasteiger partial charge in [-0.05, 0) is 36.4 Å². The first-order valence-electron chi connectivity index (χ1n) is 7.96. The van der Waals surface area contributed by atoms with Crippen LogP contribution in [0, 0.1) is 5.41 Å². The molecule has 0 spiro atoms. The predicted octanol–water partition coefficient (Wildman–Crippen LogP) is 4.96. The zero-order chi connectivity index (χ0) is 17.2. The van der Waals surface area contributed by atoms with Crippen LogP contribution in [-0.2, 0) is 4.79 Å². The van der Waals surface area contributed by atoms with Gasteiger partial charge in [-0.2, -0.15) is 0 Å². The first-order valence-corrected chi connectivity index (χ1v) is 7.96. The van der Waals surface area contributed by atoms with Gasteiger partial charge in [0.15, 0.2) is 0 Å². The molecular formula is C20H21N3O. The molecule has 3 aromatic rings. The lowest BCUT2D eigenvalue weighted by Crippen LogP contribution is -2.27. The van der Waals surface area contributed by atoms with Gasteiger partial charge < -0.3 is 10.6 Å². The van der Waals surface area contributed by atoms with Gasteiger partial charge in [-0.1, -0.05) is 39.0 Å². The molecule has 4 nitrogen and oxygen atoms in total. The number of hydrogen-bond acceptors (Lipinski definition) is 3. The van der Waals surface area contributed by atoms with E-state index in [4.69, 9.17) is 0 Å². The van der Waals surface area contributed by atoms with Crippen molar-refractivity contribution in [1.29, 1.82) is 0 Å². The van der Waals surface area contributed by atoms with Crippen molar-refractivity contribution in [2.75, 3.05) is 10.6 Å². The summed E-state index contributed by atoms with van der Waals surface area (Å²) in [4.78, 5) is 16.5. The number of nitrogens with one attached hydrogen (secondary N) is 2. The van der Waals surface area contributed by atoms with Crippen LogP contribution in [0.15, 0.2) is 60.8 Å². The molecule has 122 valence electrons. The van der Waals surface area contributed by atoms with E-state index in [0.717, 1.165) is 28.0 Å². The average molecular weight is 319 g/mol. The van der Waals surface area contributed by atoms with E-state index < -0.39 is 5.41 Å². The number of amides is 1. The molecular weight excluding hydrogens is 298 g/mol. The van der Waals surface area contributed by atoms with Crippen molar-refractivity contribution in [2.24, 2.45) is 5.41 Å². The number of rotatable bonds is 3. The second-order valence-electron chi connectivity index (χ2n) is 6.79. The molecule has 0 aliphatic carbocycles. The molecule has 1 aromatic heterocycles. The Morgan fingerprint density at radius 3 is 2.29 bits per heavy atom. The number of para-hydroxylation sites is 1. The van der Waals surface area contributed by atoms with E-state index in [2.05, 4.69) is 15.6 Å². The van der Waals surface area contributed by atoms with Gasteiger partial charge in [0.25, 0.3) is 0 Å². The number of anilines is 3. The molecule has 0 aliphatic rings. The molecule has 0 saturated heterocycles. The summed E-state index contributed by atoms with van der Waals surface area (Å²) in [6, 6.07) is 17.7. The number of nitrogens with zero attached hydrogens (tertiary/aromatic N) is 1. The molecule has 0 bridgehead atoms. The van der Waals surface area contributed by atoms with Crippen molar-refractivity contribution in [2.45, 2.75) is 20.8 Å². The Labute approximate surface area is 141 Å². The normalized spacial score (nSPS) is 11.3. The molecule has 0 atom stereocenters. The van der Waals surface area contributed by atoms with Gasteiger partial charge in [0.1, 0.15) is 0 Å². The lowest BCUT2D eigenvalue weighted by Gasteiger charge is -2.18. The van der Waals surface area contributed by atoms with Crippen molar-refractivity contribution in [3.05, 3.63) is 60.8 Å². The van der Waals surface area contributed by atoms with Crippen molar-refractivity contribution >= 4 is 33.9 Å². The molecule has 2 N–H and O–H groups in total. The van der Waals surface area contributed by atoms with Gasteiger partial charge in [-0.15, -0.1) is 0 Å². The quantitative estimate of drug-likeness (QED) is 0.717. The zero-order valence-corrected chi connectivity index (χ0v) is 14.1. The number of pyridine rings is 1. The third kappa shape index (κ3) is 3.54.